The number of benzene rings is 2. The van der Waals surface area contributed by atoms with Gasteiger partial charge < -0.3 is 29.4 Å². The summed E-state index contributed by atoms with van der Waals surface area (Å²) >= 11 is 0. The summed E-state index contributed by atoms with van der Waals surface area (Å²) < 4.78 is 38.9. The van der Waals surface area contributed by atoms with Crippen molar-refractivity contribution in [1.29, 1.82) is 0 Å². The molecular formula is C26H29FN2O6. The molecule has 1 saturated heterocycles. The van der Waals surface area contributed by atoms with Crippen LogP contribution in [0.3, 0.4) is 0 Å². The molecule has 3 N–H and O–H groups in total. The number of ether oxygens (including phenoxy) is 4. The van der Waals surface area contributed by atoms with E-state index in [1.165, 1.54) is 12.1 Å². The number of hydrogen-bond acceptors (Lipinski definition) is 7. The number of amides is 1. The van der Waals surface area contributed by atoms with E-state index < -0.39 is 29.3 Å². The van der Waals surface area contributed by atoms with E-state index in [0.717, 1.165) is 12.0 Å². The number of nitrogens with one attached hydrogen (secondary N) is 2. The molecule has 1 unspecified atom stereocenters. The number of aromatic hydroxyl groups is 1. The third-order valence-electron chi connectivity index (χ3n) is 6.10. The monoisotopic (exact) mass is 484 g/mol. The molecule has 2 aromatic rings. The number of fused-ring (bicyclic) bond motifs is 4. The number of morpholine rings is 1. The molecule has 0 aromatic heterocycles. The van der Waals surface area contributed by atoms with E-state index in [-0.39, 0.29) is 18.0 Å². The Morgan fingerprint density at radius 3 is 2.83 bits per heavy atom. The fraction of sp³-hybridized carbons (Fsp3) is 0.423. The van der Waals surface area contributed by atoms with Gasteiger partial charge in [0.2, 0.25) is 0 Å². The van der Waals surface area contributed by atoms with Crippen LogP contribution < -0.4 is 15.4 Å². The van der Waals surface area contributed by atoms with E-state index in [2.05, 4.69) is 10.6 Å². The molecule has 1 spiro atoms. The zero-order chi connectivity index (χ0) is 24.8. The van der Waals surface area contributed by atoms with Crippen LogP contribution in [0.4, 0.5) is 9.18 Å². The molecule has 1 amide bonds. The highest BCUT2D eigenvalue weighted by molar-refractivity contribution is 5.71. The van der Waals surface area contributed by atoms with Crippen LogP contribution in [-0.2, 0) is 19.8 Å². The highest BCUT2D eigenvalue weighted by Crippen LogP contribution is 2.52. The molecule has 1 fully saturated rings. The number of rotatable bonds is 2. The van der Waals surface area contributed by atoms with Crippen molar-refractivity contribution in [3.05, 3.63) is 58.9 Å². The number of carbonyl (C=O) groups is 1. The van der Waals surface area contributed by atoms with E-state index in [1.54, 1.807) is 32.9 Å². The second-order valence-electron chi connectivity index (χ2n) is 9.90. The minimum atomic E-state index is -1.24. The van der Waals surface area contributed by atoms with Crippen LogP contribution in [0.25, 0.3) is 5.57 Å². The largest absolute Gasteiger partial charge is 0.508 e. The zero-order valence-electron chi connectivity index (χ0n) is 19.9. The molecule has 9 heteroatoms. The number of carbonyl (C=O) groups excluding carboxylic acids is 1. The van der Waals surface area contributed by atoms with Crippen LogP contribution in [0, 0.1) is 5.82 Å². The maximum Gasteiger partial charge on any atom is 0.409 e. The van der Waals surface area contributed by atoms with Gasteiger partial charge in [-0.05, 0) is 68.7 Å². The minimum absolute atomic E-state index is 0.0148. The normalized spacial score (nSPS) is 23.5. The summed E-state index contributed by atoms with van der Waals surface area (Å²) in [5.41, 5.74) is 0.604. The first kappa shape index (κ1) is 23.6. The Morgan fingerprint density at radius 2 is 2.09 bits per heavy atom. The SMILES string of the molecule is CC(C)(C)OC(=O)N[C@@H]1CNCC2(O1)c1cc(O)ccc1Oc1c(F)cc(C3=CCCOC3)cc12. The molecule has 2 atom stereocenters. The Bertz CT molecular complexity index is 1190. The molecule has 5 rings (SSSR count). The van der Waals surface area contributed by atoms with E-state index in [9.17, 15) is 9.90 Å². The van der Waals surface area contributed by atoms with Crippen molar-refractivity contribution >= 4 is 11.7 Å². The molecule has 3 aliphatic heterocycles. The van der Waals surface area contributed by atoms with Crippen molar-refractivity contribution in [3.63, 3.8) is 0 Å². The second kappa shape index (κ2) is 8.82. The summed E-state index contributed by atoms with van der Waals surface area (Å²) in [6, 6.07) is 7.87. The average molecular weight is 485 g/mol. The van der Waals surface area contributed by atoms with Gasteiger partial charge in [-0.3, -0.25) is 5.32 Å². The Balaban J connectivity index is 1.59. The highest BCUT2D eigenvalue weighted by atomic mass is 19.1. The van der Waals surface area contributed by atoms with Crippen LogP contribution >= 0.6 is 0 Å². The Kier molecular flexibility index (Phi) is 5.94. The summed E-state index contributed by atoms with van der Waals surface area (Å²) in [5, 5.41) is 16.3. The summed E-state index contributed by atoms with van der Waals surface area (Å²) in [4.78, 5) is 12.5. The first-order valence-electron chi connectivity index (χ1n) is 11.7. The molecule has 0 radical (unpaired) electrons. The Labute approximate surface area is 203 Å². The van der Waals surface area contributed by atoms with Crippen molar-refractivity contribution in [3.8, 4) is 17.2 Å². The lowest BCUT2D eigenvalue weighted by Gasteiger charge is -2.45. The maximum absolute atomic E-state index is 15.5. The third kappa shape index (κ3) is 4.59. The van der Waals surface area contributed by atoms with E-state index in [4.69, 9.17) is 18.9 Å². The number of alkyl carbamates (subject to hydrolysis) is 1. The van der Waals surface area contributed by atoms with Gasteiger partial charge in [-0.25, -0.2) is 9.18 Å². The molecule has 3 heterocycles. The average Bonchev–Trinajstić information content (AvgIpc) is 2.80. The maximum atomic E-state index is 15.5. The van der Waals surface area contributed by atoms with Crippen LogP contribution in [-0.4, -0.2) is 49.3 Å². The summed E-state index contributed by atoms with van der Waals surface area (Å²) in [7, 11) is 0. The van der Waals surface area contributed by atoms with Crippen LogP contribution in [0.5, 0.6) is 17.2 Å². The molecule has 0 aliphatic carbocycles. The first-order chi connectivity index (χ1) is 16.6. The first-order valence-corrected chi connectivity index (χ1v) is 11.7. The van der Waals surface area contributed by atoms with Crippen LogP contribution in [0.15, 0.2) is 36.4 Å². The van der Waals surface area contributed by atoms with Crippen molar-refractivity contribution in [1.82, 2.24) is 10.6 Å². The molecule has 2 aromatic carbocycles. The van der Waals surface area contributed by atoms with Crippen molar-refractivity contribution in [2.75, 3.05) is 26.3 Å². The fourth-order valence-electron chi connectivity index (χ4n) is 4.66. The van der Waals surface area contributed by atoms with E-state index in [1.807, 2.05) is 12.1 Å². The standard InChI is InChI=1S/C26H29FN2O6/c1-25(2,3)35-24(31)29-22-12-28-14-26(34-22)18-11-17(30)6-7-21(18)33-23-19(26)9-16(10-20(23)27)15-5-4-8-32-13-15/h5-7,9-11,22,28,30H,4,8,12-14H2,1-3H3,(H,29,31)/t22-,26?/m0/s1. The van der Waals surface area contributed by atoms with Gasteiger partial charge in [0.15, 0.2) is 11.6 Å². The second-order valence-corrected chi connectivity index (χ2v) is 9.90. The highest BCUT2D eigenvalue weighted by Gasteiger charge is 2.49. The van der Waals surface area contributed by atoms with Crippen molar-refractivity contribution < 1.29 is 33.2 Å². The summed E-state index contributed by atoms with van der Waals surface area (Å²) in [5.74, 6) is -0.111. The topological polar surface area (TPSA) is 98.3 Å². The van der Waals surface area contributed by atoms with Crippen molar-refractivity contribution in [2.45, 2.75) is 44.6 Å². The van der Waals surface area contributed by atoms with Crippen LogP contribution in [0.2, 0.25) is 0 Å². The van der Waals surface area contributed by atoms with Gasteiger partial charge in [-0.2, -0.15) is 0 Å². The van der Waals surface area contributed by atoms with Crippen LogP contribution in [0.1, 0.15) is 43.9 Å². The molecule has 8 nitrogen and oxygen atoms in total. The number of phenols is 1. The van der Waals surface area contributed by atoms with Gasteiger partial charge in [-0.1, -0.05) is 6.08 Å². The predicted octanol–water partition coefficient (Wildman–Crippen LogP) is 4.15. The quantitative estimate of drug-likeness (QED) is 0.589. The van der Waals surface area contributed by atoms with Crippen molar-refractivity contribution in [2.24, 2.45) is 0 Å². The van der Waals surface area contributed by atoms with Gasteiger partial charge in [0.05, 0.1) is 13.2 Å². The molecule has 0 bridgehead atoms. The van der Waals surface area contributed by atoms with E-state index >= 15 is 4.39 Å². The molecule has 186 valence electrons. The fourth-order valence-corrected chi connectivity index (χ4v) is 4.66. The Hall–Kier alpha value is -3.14. The molecular weight excluding hydrogens is 455 g/mol. The van der Waals surface area contributed by atoms with Gasteiger partial charge >= 0.3 is 6.09 Å². The molecule has 3 aliphatic rings. The lowest BCUT2D eigenvalue weighted by molar-refractivity contribution is -0.112. The van der Waals surface area contributed by atoms with E-state index in [0.29, 0.717) is 42.2 Å². The summed E-state index contributed by atoms with van der Waals surface area (Å²) in [6.45, 7) is 6.91. The Morgan fingerprint density at radius 1 is 1.26 bits per heavy atom. The lowest BCUT2D eigenvalue weighted by Crippen LogP contribution is -2.59. The van der Waals surface area contributed by atoms with Gasteiger partial charge in [0, 0.05) is 24.2 Å². The van der Waals surface area contributed by atoms with Gasteiger partial charge in [-0.15, -0.1) is 0 Å². The van der Waals surface area contributed by atoms with Gasteiger partial charge in [0.1, 0.15) is 28.9 Å². The zero-order valence-corrected chi connectivity index (χ0v) is 19.9. The number of halogens is 1. The molecule has 35 heavy (non-hydrogen) atoms. The molecule has 0 saturated carbocycles. The third-order valence-corrected chi connectivity index (χ3v) is 6.10. The van der Waals surface area contributed by atoms with Gasteiger partial charge in [0.25, 0.3) is 0 Å². The smallest absolute Gasteiger partial charge is 0.409 e. The summed E-state index contributed by atoms with van der Waals surface area (Å²) in [6.07, 6.45) is 1.36. The number of hydrogen-bond donors (Lipinski definition) is 3. The predicted molar refractivity (Wildman–Crippen MR) is 126 cm³/mol. The minimum Gasteiger partial charge on any atom is -0.508 e. The number of phenolic OH excluding ortho intramolecular Hbond substituents is 1. The lowest BCUT2D eigenvalue weighted by atomic mass is 9.80.